The molecule has 2 aromatic rings. The first kappa shape index (κ1) is 14.6. The highest BCUT2D eigenvalue weighted by atomic mass is 14.9. The van der Waals surface area contributed by atoms with Crippen LogP contribution in [-0.2, 0) is 6.42 Å². The molecule has 1 unspecified atom stereocenters. The number of hydrogen-bond donors (Lipinski definition) is 1. The Morgan fingerprint density at radius 1 is 1.10 bits per heavy atom. The average Bonchev–Trinajstić information content (AvgIpc) is 2.47. The highest BCUT2D eigenvalue weighted by molar-refractivity contribution is 5.85. The van der Waals surface area contributed by atoms with Gasteiger partial charge in [-0.2, -0.15) is 5.26 Å². The van der Waals surface area contributed by atoms with Crippen molar-refractivity contribution in [1.82, 2.24) is 5.32 Å². The molecule has 2 heteroatoms. The molecule has 0 amide bonds. The molecule has 0 aliphatic rings. The number of rotatable bonds is 6. The van der Waals surface area contributed by atoms with E-state index in [9.17, 15) is 0 Å². The van der Waals surface area contributed by atoms with Crippen LogP contribution in [0.25, 0.3) is 10.8 Å². The number of nitriles is 1. The summed E-state index contributed by atoms with van der Waals surface area (Å²) in [6.45, 7) is 5.89. The molecule has 0 heterocycles. The third kappa shape index (κ3) is 3.59. The van der Waals surface area contributed by atoms with E-state index in [1.165, 1.54) is 16.3 Å². The van der Waals surface area contributed by atoms with Crippen molar-refractivity contribution in [1.29, 1.82) is 5.26 Å². The molecule has 2 rings (SSSR count). The summed E-state index contributed by atoms with van der Waals surface area (Å²) in [5.74, 6) is 0.507. The van der Waals surface area contributed by atoms with Crippen molar-refractivity contribution in [3.05, 3.63) is 48.0 Å². The molecule has 20 heavy (non-hydrogen) atoms. The largest absolute Gasteiger partial charge is 0.315 e. The molecule has 0 aliphatic heterocycles. The number of fused-ring (bicyclic) bond motifs is 1. The van der Waals surface area contributed by atoms with Crippen LogP contribution >= 0.6 is 0 Å². The van der Waals surface area contributed by atoms with Gasteiger partial charge >= 0.3 is 0 Å². The van der Waals surface area contributed by atoms with Crippen molar-refractivity contribution >= 4 is 10.8 Å². The van der Waals surface area contributed by atoms with E-state index >= 15 is 0 Å². The molecule has 2 nitrogen and oxygen atoms in total. The van der Waals surface area contributed by atoms with Crippen LogP contribution in [0.3, 0.4) is 0 Å². The van der Waals surface area contributed by atoms with Gasteiger partial charge in [-0.05, 0) is 35.2 Å². The molecule has 0 aromatic heterocycles. The quantitative estimate of drug-likeness (QED) is 0.808. The maximum absolute atomic E-state index is 9.06. The fourth-order valence-electron chi connectivity index (χ4n) is 2.42. The Morgan fingerprint density at radius 3 is 2.60 bits per heavy atom. The van der Waals surface area contributed by atoms with E-state index in [-0.39, 0.29) is 5.92 Å². The van der Waals surface area contributed by atoms with Gasteiger partial charge in [0.05, 0.1) is 12.0 Å². The first-order valence-corrected chi connectivity index (χ1v) is 7.29. The lowest BCUT2D eigenvalue weighted by Gasteiger charge is -2.14. The van der Waals surface area contributed by atoms with Gasteiger partial charge in [-0.25, -0.2) is 0 Å². The van der Waals surface area contributed by atoms with Crippen LogP contribution in [0.1, 0.15) is 19.4 Å². The van der Waals surface area contributed by atoms with E-state index in [1.54, 1.807) is 0 Å². The minimum Gasteiger partial charge on any atom is -0.315 e. The molecule has 0 saturated carbocycles. The van der Waals surface area contributed by atoms with E-state index in [0.717, 1.165) is 19.5 Å². The Balaban J connectivity index is 1.92. The number of nitrogens with zero attached hydrogens (tertiary/aromatic N) is 1. The first-order chi connectivity index (χ1) is 9.72. The second kappa shape index (κ2) is 7.07. The molecule has 0 aliphatic carbocycles. The van der Waals surface area contributed by atoms with Crippen molar-refractivity contribution in [2.24, 2.45) is 11.8 Å². The summed E-state index contributed by atoms with van der Waals surface area (Å²) in [6.07, 6.45) is 0.998. The summed E-state index contributed by atoms with van der Waals surface area (Å²) in [6, 6.07) is 17.3. The van der Waals surface area contributed by atoms with Crippen LogP contribution in [0.15, 0.2) is 42.5 Å². The van der Waals surface area contributed by atoms with Gasteiger partial charge < -0.3 is 5.32 Å². The minimum absolute atomic E-state index is 0.0996. The average molecular weight is 266 g/mol. The predicted octanol–water partition coefficient (Wildman–Crippen LogP) is 3.77. The van der Waals surface area contributed by atoms with Crippen molar-refractivity contribution in [3.8, 4) is 6.07 Å². The third-order valence-corrected chi connectivity index (χ3v) is 3.79. The van der Waals surface area contributed by atoms with E-state index in [2.05, 4.69) is 67.7 Å². The zero-order valence-corrected chi connectivity index (χ0v) is 12.3. The van der Waals surface area contributed by atoms with Gasteiger partial charge in [0.1, 0.15) is 0 Å². The van der Waals surface area contributed by atoms with Crippen LogP contribution in [0.2, 0.25) is 0 Å². The van der Waals surface area contributed by atoms with Gasteiger partial charge in [0.2, 0.25) is 0 Å². The summed E-state index contributed by atoms with van der Waals surface area (Å²) in [5.41, 5.74) is 1.37. The van der Waals surface area contributed by atoms with Gasteiger partial charge in [-0.1, -0.05) is 56.3 Å². The first-order valence-electron chi connectivity index (χ1n) is 7.29. The summed E-state index contributed by atoms with van der Waals surface area (Å²) < 4.78 is 0. The van der Waals surface area contributed by atoms with E-state index in [4.69, 9.17) is 5.26 Å². The molecule has 104 valence electrons. The second-order valence-electron chi connectivity index (χ2n) is 5.57. The normalized spacial score (nSPS) is 12.5. The molecule has 1 N–H and O–H groups in total. The van der Waals surface area contributed by atoms with Crippen molar-refractivity contribution in [2.75, 3.05) is 13.1 Å². The second-order valence-corrected chi connectivity index (χ2v) is 5.57. The Kier molecular flexibility index (Phi) is 5.15. The number of benzene rings is 2. The molecular formula is C18H22N2. The van der Waals surface area contributed by atoms with Crippen molar-refractivity contribution < 1.29 is 0 Å². The Morgan fingerprint density at radius 2 is 1.85 bits per heavy atom. The van der Waals surface area contributed by atoms with Crippen LogP contribution < -0.4 is 5.32 Å². The smallest absolute Gasteiger partial charge is 0.0671 e. The van der Waals surface area contributed by atoms with Crippen LogP contribution in [0.5, 0.6) is 0 Å². The lowest BCUT2D eigenvalue weighted by Crippen LogP contribution is -2.27. The highest BCUT2D eigenvalue weighted by Crippen LogP contribution is 2.18. The summed E-state index contributed by atoms with van der Waals surface area (Å²) in [5, 5.41) is 15.1. The highest BCUT2D eigenvalue weighted by Gasteiger charge is 2.11. The molecule has 2 aromatic carbocycles. The fourth-order valence-corrected chi connectivity index (χ4v) is 2.42. The zero-order valence-electron chi connectivity index (χ0n) is 12.3. The summed E-state index contributed by atoms with van der Waals surface area (Å²) in [7, 11) is 0. The monoisotopic (exact) mass is 266 g/mol. The Bertz CT molecular complexity index is 590. The van der Waals surface area contributed by atoms with Gasteiger partial charge in [0.25, 0.3) is 0 Å². The molecule has 0 spiro atoms. The van der Waals surface area contributed by atoms with Crippen LogP contribution in [0, 0.1) is 23.2 Å². The number of hydrogen-bond acceptors (Lipinski definition) is 2. The third-order valence-electron chi connectivity index (χ3n) is 3.79. The van der Waals surface area contributed by atoms with Crippen molar-refractivity contribution in [3.63, 3.8) is 0 Å². The topological polar surface area (TPSA) is 35.8 Å². The maximum Gasteiger partial charge on any atom is 0.0671 e. The molecule has 0 saturated heterocycles. The maximum atomic E-state index is 9.06. The van der Waals surface area contributed by atoms with E-state index in [0.29, 0.717) is 5.92 Å². The van der Waals surface area contributed by atoms with E-state index < -0.39 is 0 Å². The minimum atomic E-state index is 0.0996. The molecule has 0 radical (unpaired) electrons. The van der Waals surface area contributed by atoms with Crippen molar-refractivity contribution in [2.45, 2.75) is 20.3 Å². The van der Waals surface area contributed by atoms with Gasteiger partial charge in [0, 0.05) is 6.54 Å². The van der Waals surface area contributed by atoms with Crippen LogP contribution in [-0.4, -0.2) is 13.1 Å². The summed E-state index contributed by atoms with van der Waals surface area (Å²) in [4.78, 5) is 0. The fraction of sp³-hybridized carbons (Fsp3) is 0.389. The molecular weight excluding hydrogens is 244 g/mol. The van der Waals surface area contributed by atoms with E-state index in [1.807, 2.05) is 0 Å². The molecule has 0 bridgehead atoms. The van der Waals surface area contributed by atoms with Gasteiger partial charge in [-0.3, -0.25) is 0 Å². The Labute approximate surface area is 121 Å². The standard InChI is InChI=1S/C18H22N2/c1-14(2)17(12-19)13-20-11-10-16-8-5-7-15-6-3-4-9-18(15)16/h3-9,14,17,20H,10-11,13H2,1-2H3. The SMILES string of the molecule is CC(C)C(C#N)CNCCc1cccc2ccccc12. The summed E-state index contributed by atoms with van der Waals surface area (Å²) >= 11 is 0. The van der Waals surface area contributed by atoms with Gasteiger partial charge in [0.15, 0.2) is 0 Å². The molecule has 0 fully saturated rings. The zero-order chi connectivity index (χ0) is 14.4. The van der Waals surface area contributed by atoms with Crippen LogP contribution in [0.4, 0.5) is 0 Å². The molecule has 1 atom stereocenters. The lowest BCUT2D eigenvalue weighted by atomic mass is 9.97. The Hall–Kier alpha value is -1.85. The number of nitrogens with one attached hydrogen (secondary N) is 1. The predicted molar refractivity (Wildman–Crippen MR) is 84.5 cm³/mol. The lowest BCUT2D eigenvalue weighted by molar-refractivity contribution is 0.444. The van der Waals surface area contributed by atoms with Gasteiger partial charge in [-0.15, -0.1) is 0 Å².